The Hall–Kier alpha value is -2.35. The van der Waals surface area contributed by atoms with E-state index in [2.05, 4.69) is 15.4 Å². The van der Waals surface area contributed by atoms with E-state index in [9.17, 15) is 9.59 Å². The molecule has 1 saturated carbocycles. The van der Waals surface area contributed by atoms with Gasteiger partial charge >= 0.3 is 5.97 Å². The van der Waals surface area contributed by atoms with Gasteiger partial charge in [-0.05, 0) is 30.9 Å². The van der Waals surface area contributed by atoms with Gasteiger partial charge in [-0.2, -0.15) is 0 Å². The zero-order chi connectivity index (χ0) is 20.1. The van der Waals surface area contributed by atoms with E-state index in [0.717, 1.165) is 30.8 Å². The number of esters is 1. The van der Waals surface area contributed by atoms with Crippen LogP contribution >= 0.6 is 11.8 Å². The minimum absolute atomic E-state index is 0.00159. The van der Waals surface area contributed by atoms with E-state index in [1.54, 1.807) is 0 Å². The Morgan fingerprint density at radius 1 is 1.32 bits per heavy atom. The fraction of sp³-hybridized carbons (Fsp3) is 0.500. The molecule has 0 saturated heterocycles. The predicted octanol–water partition coefficient (Wildman–Crippen LogP) is 2.94. The number of para-hydroxylation sites is 1. The van der Waals surface area contributed by atoms with Crippen molar-refractivity contribution >= 4 is 23.6 Å². The third kappa shape index (κ3) is 4.92. The molecule has 1 aliphatic carbocycles. The number of carbonyl (C=O) groups is 2. The lowest BCUT2D eigenvalue weighted by Crippen LogP contribution is -2.46. The Bertz CT molecular complexity index is 820. The Balaban J connectivity index is 1.66. The number of benzene rings is 1. The molecule has 0 spiro atoms. The molecule has 1 aliphatic rings. The number of hydrogen-bond donors (Lipinski definition) is 1. The van der Waals surface area contributed by atoms with Crippen LogP contribution in [0.3, 0.4) is 0 Å². The molecule has 28 heavy (non-hydrogen) atoms. The maximum Gasteiger partial charge on any atom is 0.328 e. The van der Waals surface area contributed by atoms with Crippen molar-refractivity contribution in [1.29, 1.82) is 0 Å². The second-order valence-corrected chi connectivity index (χ2v) is 7.96. The summed E-state index contributed by atoms with van der Waals surface area (Å²) in [6.07, 6.45) is 3.00. The molecule has 0 radical (unpaired) electrons. The molecule has 1 aromatic carbocycles. The second kappa shape index (κ2) is 9.23. The Morgan fingerprint density at radius 3 is 2.64 bits per heavy atom. The monoisotopic (exact) mass is 402 g/mol. The lowest BCUT2D eigenvalue weighted by molar-refractivity contribution is -0.146. The van der Waals surface area contributed by atoms with E-state index in [0.29, 0.717) is 11.1 Å². The van der Waals surface area contributed by atoms with Crippen molar-refractivity contribution in [3.05, 3.63) is 36.2 Å². The average molecular weight is 403 g/mol. The molecule has 1 heterocycles. The maximum atomic E-state index is 12.4. The molecule has 8 heteroatoms. The van der Waals surface area contributed by atoms with Gasteiger partial charge in [0.15, 0.2) is 0 Å². The predicted molar refractivity (Wildman–Crippen MR) is 107 cm³/mol. The van der Waals surface area contributed by atoms with E-state index in [-0.39, 0.29) is 17.6 Å². The number of ether oxygens (including phenoxy) is 1. The summed E-state index contributed by atoms with van der Waals surface area (Å²) in [4.78, 5) is 29.0. The van der Waals surface area contributed by atoms with Gasteiger partial charge in [-0.1, -0.05) is 50.2 Å². The van der Waals surface area contributed by atoms with Crippen molar-refractivity contribution in [3.63, 3.8) is 0 Å². The normalized spacial score (nSPS) is 15.7. The number of rotatable bonds is 9. The molecule has 7 nitrogen and oxygen atoms in total. The quantitative estimate of drug-likeness (QED) is 0.513. The average Bonchev–Trinajstić information content (AvgIpc) is 3.49. The Morgan fingerprint density at radius 2 is 2.04 bits per heavy atom. The standard InChI is InChI=1S/C20H26N4O3S/c1-4-13(2)17(19(26)27-3)21-16(25)12-28-20-22-18(14-10-11-14)24(23-20)15-8-6-5-7-9-15/h5-9,13-14,17H,4,10-12H2,1-3H3,(H,21,25)/t13-,17+/m0/s1. The number of thioether (sulfide) groups is 1. The summed E-state index contributed by atoms with van der Waals surface area (Å²) in [6.45, 7) is 3.89. The third-order valence-electron chi connectivity index (χ3n) is 4.87. The van der Waals surface area contributed by atoms with E-state index >= 15 is 0 Å². The van der Waals surface area contributed by atoms with Crippen molar-refractivity contribution in [2.45, 2.75) is 50.2 Å². The smallest absolute Gasteiger partial charge is 0.328 e. The highest BCUT2D eigenvalue weighted by Crippen LogP contribution is 2.40. The lowest BCUT2D eigenvalue weighted by atomic mass is 9.99. The van der Waals surface area contributed by atoms with Crippen LogP contribution in [0.5, 0.6) is 0 Å². The van der Waals surface area contributed by atoms with Crippen molar-refractivity contribution in [1.82, 2.24) is 20.1 Å². The molecular formula is C20H26N4O3S. The van der Waals surface area contributed by atoms with Crippen molar-refractivity contribution in [2.24, 2.45) is 5.92 Å². The minimum Gasteiger partial charge on any atom is -0.467 e. The zero-order valence-electron chi connectivity index (χ0n) is 16.4. The van der Waals surface area contributed by atoms with Gasteiger partial charge in [0, 0.05) is 5.92 Å². The first-order valence-corrected chi connectivity index (χ1v) is 10.5. The first-order valence-electron chi connectivity index (χ1n) is 9.55. The van der Waals surface area contributed by atoms with Gasteiger partial charge in [-0.25, -0.2) is 14.5 Å². The maximum absolute atomic E-state index is 12.4. The Labute approximate surface area is 169 Å². The van der Waals surface area contributed by atoms with Crippen LogP contribution in [0, 0.1) is 5.92 Å². The summed E-state index contributed by atoms with van der Waals surface area (Å²) >= 11 is 1.28. The molecule has 1 aromatic heterocycles. The number of amides is 1. The number of aromatic nitrogens is 3. The van der Waals surface area contributed by atoms with Crippen LogP contribution < -0.4 is 5.32 Å². The van der Waals surface area contributed by atoms with E-state index < -0.39 is 12.0 Å². The van der Waals surface area contributed by atoms with Gasteiger partial charge in [0.05, 0.1) is 18.6 Å². The van der Waals surface area contributed by atoms with E-state index in [1.165, 1.54) is 18.9 Å². The molecule has 1 fully saturated rings. The summed E-state index contributed by atoms with van der Waals surface area (Å²) in [5, 5.41) is 7.94. The van der Waals surface area contributed by atoms with Crippen LogP contribution in [-0.2, 0) is 14.3 Å². The molecule has 1 N–H and O–H groups in total. The minimum atomic E-state index is -0.639. The molecule has 0 aliphatic heterocycles. The molecular weight excluding hydrogens is 376 g/mol. The number of nitrogens with zero attached hydrogens (tertiary/aromatic N) is 3. The van der Waals surface area contributed by atoms with Crippen LogP contribution in [0.15, 0.2) is 35.5 Å². The molecule has 150 valence electrons. The fourth-order valence-electron chi connectivity index (χ4n) is 2.87. The van der Waals surface area contributed by atoms with Gasteiger partial charge in [-0.3, -0.25) is 4.79 Å². The summed E-state index contributed by atoms with van der Waals surface area (Å²) in [5.41, 5.74) is 0.968. The van der Waals surface area contributed by atoms with E-state index in [1.807, 2.05) is 48.9 Å². The number of hydrogen-bond acceptors (Lipinski definition) is 6. The van der Waals surface area contributed by atoms with Gasteiger partial charge in [-0.15, -0.1) is 5.10 Å². The molecule has 2 atom stereocenters. The SMILES string of the molecule is CC[C@H](C)[C@@H](NC(=O)CSc1nc(C2CC2)n(-c2ccccc2)n1)C(=O)OC. The summed E-state index contributed by atoms with van der Waals surface area (Å²) in [7, 11) is 1.33. The fourth-order valence-corrected chi connectivity index (χ4v) is 3.51. The highest BCUT2D eigenvalue weighted by Gasteiger charge is 2.31. The second-order valence-electron chi connectivity index (χ2n) is 7.02. The first-order chi connectivity index (χ1) is 13.5. The highest BCUT2D eigenvalue weighted by molar-refractivity contribution is 7.99. The molecule has 3 rings (SSSR count). The summed E-state index contributed by atoms with van der Waals surface area (Å²) < 4.78 is 6.68. The van der Waals surface area contributed by atoms with E-state index in [4.69, 9.17) is 4.74 Å². The topological polar surface area (TPSA) is 86.1 Å². The number of nitrogens with one attached hydrogen (secondary N) is 1. The molecule has 0 bridgehead atoms. The number of methoxy groups -OCH3 is 1. The molecule has 1 amide bonds. The van der Waals surface area contributed by atoms with Gasteiger partial charge in [0.2, 0.25) is 11.1 Å². The van der Waals surface area contributed by atoms with Crippen LogP contribution in [0.2, 0.25) is 0 Å². The zero-order valence-corrected chi connectivity index (χ0v) is 17.2. The van der Waals surface area contributed by atoms with Gasteiger partial charge in [0.25, 0.3) is 0 Å². The van der Waals surface area contributed by atoms with Gasteiger partial charge < -0.3 is 10.1 Å². The largest absolute Gasteiger partial charge is 0.467 e. The van der Waals surface area contributed by atoms with Crippen molar-refractivity contribution < 1.29 is 14.3 Å². The van der Waals surface area contributed by atoms with Crippen LogP contribution in [0.1, 0.15) is 44.9 Å². The van der Waals surface area contributed by atoms with Crippen LogP contribution in [-0.4, -0.2) is 45.5 Å². The highest BCUT2D eigenvalue weighted by atomic mass is 32.2. The van der Waals surface area contributed by atoms with Crippen molar-refractivity contribution in [2.75, 3.05) is 12.9 Å². The van der Waals surface area contributed by atoms with Gasteiger partial charge in [0.1, 0.15) is 11.9 Å². The molecule has 2 aromatic rings. The lowest BCUT2D eigenvalue weighted by Gasteiger charge is -2.21. The third-order valence-corrected chi connectivity index (χ3v) is 5.71. The Kier molecular flexibility index (Phi) is 6.72. The first kappa shape index (κ1) is 20.4. The van der Waals surface area contributed by atoms with Crippen LogP contribution in [0.25, 0.3) is 5.69 Å². The molecule has 0 unspecified atom stereocenters. The number of carbonyl (C=O) groups excluding carboxylic acids is 2. The van der Waals surface area contributed by atoms with Crippen LogP contribution in [0.4, 0.5) is 0 Å². The van der Waals surface area contributed by atoms with Crippen molar-refractivity contribution in [3.8, 4) is 5.69 Å². The summed E-state index contributed by atoms with van der Waals surface area (Å²) in [5.74, 6) is 0.872. The summed E-state index contributed by atoms with van der Waals surface area (Å²) in [6, 6.07) is 9.25.